The molecule has 0 aliphatic rings. The largest absolute Gasteiger partial charge is 0.354 e. The van der Waals surface area contributed by atoms with E-state index in [0.29, 0.717) is 5.95 Å². The zero-order valence-corrected chi connectivity index (χ0v) is 11.7. The summed E-state index contributed by atoms with van der Waals surface area (Å²) in [5.41, 5.74) is 1.44. The molecule has 0 aromatic carbocycles. The van der Waals surface area contributed by atoms with Gasteiger partial charge in [0, 0.05) is 6.54 Å². The second kappa shape index (κ2) is 5.89. The van der Waals surface area contributed by atoms with Crippen molar-refractivity contribution in [2.45, 2.75) is 18.2 Å². The van der Waals surface area contributed by atoms with Crippen LogP contribution in [0.2, 0.25) is 0 Å². The van der Waals surface area contributed by atoms with E-state index in [2.05, 4.69) is 30.2 Å². The second-order valence-corrected chi connectivity index (χ2v) is 6.03. The highest BCUT2D eigenvalue weighted by molar-refractivity contribution is 7.93. The molecule has 0 saturated carbocycles. The first-order chi connectivity index (χ1) is 9.12. The van der Waals surface area contributed by atoms with Gasteiger partial charge in [0.05, 0.1) is 12.4 Å². The zero-order valence-electron chi connectivity index (χ0n) is 10.1. The molecule has 19 heavy (non-hydrogen) atoms. The van der Waals surface area contributed by atoms with Crippen molar-refractivity contribution >= 4 is 32.4 Å². The van der Waals surface area contributed by atoms with E-state index in [-0.39, 0.29) is 10.0 Å². The average Bonchev–Trinajstić information content (AvgIpc) is 2.89. The van der Waals surface area contributed by atoms with Gasteiger partial charge >= 0.3 is 0 Å². The van der Waals surface area contributed by atoms with Crippen molar-refractivity contribution in [1.29, 1.82) is 0 Å². The van der Waals surface area contributed by atoms with Crippen LogP contribution < -0.4 is 10.0 Å². The third kappa shape index (κ3) is 3.58. The highest BCUT2D eigenvalue weighted by atomic mass is 32.2. The van der Waals surface area contributed by atoms with E-state index < -0.39 is 10.0 Å². The standard InChI is InChI=1S/C9H12N6O2S2/c1-2-3-10-8-11-4-7(5-12-8)19(16,17)15-9-14-13-6-18-9/h4-6H,2-3H2,1H3,(H,14,15)(H,10,11,12). The van der Waals surface area contributed by atoms with Crippen molar-refractivity contribution in [3.8, 4) is 0 Å². The van der Waals surface area contributed by atoms with E-state index in [4.69, 9.17) is 0 Å². The van der Waals surface area contributed by atoms with Gasteiger partial charge in [0.15, 0.2) is 0 Å². The molecule has 0 saturated heterocycles. The third-order valence-corrected chi connectivity index (χ3v) is 4.08. The fraction of sp³-hybridized carbons (Fsp3) is 0.333. The molecule has 2 N–H and O–H groups in total. The Morgan fingerprint density at radius 1 is 1.32 bits per heavy atom. The molecule has 2 aromatic rings. The van der Waals surface area contributed by atoms with Gasteiger partial charge in [0.2, 0.25) is 11.1 Å². The van der Waals surface area contributed by atoms with Crippen LogP contribution in [0.3, 0.4) is 0 Å². The molecule has 102 valence electrons. The van der Waals surface area contributed by atoms with E-state index >= 15 is 0 Å². The van der Waals surface area contributed by atoms with Gasteiger partial charge in [0.1, 0.15) is 10.4 Å². The number of nitrogens with zero attached hydrogens (tertiary/aromatic N) is 4. The van der Waals surface area contributed by atoms with Gasteiger partial charge < -0.3 is 5.32 Å². The minimum absolute atomic E-state index is 0.0234. The van der Waals surface area contributed by atoms with Crippen LogP contribution >= 0.6 is 11.3 Å². The number of hydrogen-bond acceptors (Lipinski definition) is 8. The van der Waals surface area contributed by atoms with Crippen molar-refractivity contribution in [2.24, 2.45) is 0 Å². The van der Waals surface area contributed by atoms with E-state index in [1.807, 2.05) is 6.92 Å². The van der Waals surface area contributed by atoms with Crippen molar-refractivity contribution in [3.63, 3.8) is 0 Å². The monoisotopic (exact) mass is 300 g/mol. The maximum atomic E-state index is 12.0. The summed E-state index contributed by atoms with van der Waals surface area (Å²) >= 11 is 1.09. The van der Waals surface area contributed by atoms with Crippen LogP contribution in [0.5, 0.6) is 0 Å². The lowest BCUT2D eigenvalue weighted by Gasteiger charge is -2.05. The van der Waals surface area contributed by atoms with Gasteiger partial charge in [-0.15, -0.1) is 10.2 Å². The SMILES string of the molecule is CCCNc1ncc(S(=O)(=O)Nc2nncs2)cn1. The molecule has 0 amide bonds. The van der Waals surface area contributed by atoms with Gasteiger partial charge in [-0.05, 0) is 6.42 Å². The van der Waals surface area contributed by atoms with Crippen molar-refractivity contribution in [3.05, 3.63) is 17.9 Å². The van der Waals surface area contributed by atoms with Crippen molar-refractivity contribution < 1.29 is 8.42 Å². The predicted octanol–water partition coefficient (Wildman–Crippen LogP) is 0.951. The first-order valence-electron chi connectivity index (χ1n) is 5.46. The lowest BCUT2D eigenvalue weighted by Crippen LogP contribution is -2.14. The summed E-state index contributed by atoms with van der Waals surface area (Å²) in [7, 11) is -3.72. The summed E-state index contributed by atoms with van der Waals surface area (Å²) < 4.78 is 26.2. The number of hydrogen-bond donors (Lipinski definition) is 2. The quantitative estimate of drug-likeness (QED) is 0.817. The topological polar surface area (TPSA) is 110 Å². The lowest BCUT2D eigenvalue weighted by molar-refractivity contribution is 0.600. The first kappa shape index (κ1) is 13.6. The minimum atomic E-state index is -3.72. The Morgan fingerprint density at radius 3 is 2.63 bits per heavy atom. The Kier molecular flexibility index (Phi) is 4.22. The predicted molar refractivity (Wildman–Crippen MR) is 71.5 cm³/mol. The normalized spacial score (nSPS) is 11.2. The van der Waals surface area contributed by atoms with E-state index in [0.717, 1.165) is 24.3 Å². The molecule has 0 aliphatic carbocycles. The Morgan fingerprint density at radius 2 is 2.05 bits per heavy atom. The smallest absolute Gasteiger partial charge is 0.266 e. The molecule has 10 heteroatoms. The molecule has 2 rings (SSSR count). The Bertz CT molecular complexity index is 611. The molecule has 0 unspecified atom stereocenters. The Hall–Kier alpha value is -1.81. The summed E-state index contributed by atoms with van der Waals surface area (Å²) in [5, 5.41) is 10.3. The van der Waals surface area contributed by atoms with Crippen LogP contribution in [0.1, 0.15) is 13.3 Å². The first-order valence-corrected chi connectivity index (χ1v) is 7.83. The Balaban J connectivity index is 2.12. The molecule has 0 aliphatic heterocycles. The third-order valence-electron chi connectivity index (χ3n) is 2.05. The fourth-order valence-corrected chi connectivity index (χ4v) is 2.76. The maximum absolute atomic E-state index is 12.0. The average molecular weight is 300 g/mol. The summed E-state index contributed by atoms with van der Waals surface area (Å²) in [4.78, 5) is 7.85. The highest BCUT2D eigenvalue weighted by Crippen LogP contribution is 2.15. The van der Waals surface area contributed by atoms with Crippen LogP contribution in [0, 0.1) is 0 Å². The summed E-state index contributed by atoms with van der Waals surface area (Å²) in [5.74, 6) is 0.400. The molecule has 0 atom stereocenters. The number of sulfonamides is 1. The van der Waals surface area contributed by atoms with Gasteiger partial charge in [0.25, 0.3) is 10.0 Å². The van der Waals surface area contributed by atoms with Crippen molar-refractivity contribution in [1.82, 2.24) is 20.2 Å². The van der Waals surface area contributed by atoms with Gasteiger partial charge in [-0.2, -0.15) is 0 Å². The van der Waals surface area contributed by atoms with Gasteiger partial charge in [-0.3, -0.25) is 4.72 Å². The van der Waals surface area contributed by atoms with Crippen LogP contribution in [0.4, 0.5) is 11.1 Å². The minimum Gasteiger partial charge on any atom is -0.354 e. The van der Waals surface area contributed by atoms with Gasteiger partial charge in [-0.25, -0.2) is 18.4 Å². The van der Waals surface area contributed by atoms with E-state index in [1.54, 1.807) is 0 Å². The van der Waals surface area contributed by atoms with Crippen molar-refractivity contribution in [2.75, 3.05) is 16.6 Å². The molecule has 2 heterocycles. The van der Waals surface area contributed by atoms with E-state index in [9.17, 15) is 8.42 Å². The number of anilines is 2. The molecule has 0 radical (unpaired) electrons. The van der Waals surface area contributed by atoms with Gasteiger partial charge in [-0.1, -0.05) is 18.3 Å². The summed E-state index contributed by atoms with van der Waals surface area (Å²) in [6.07, 6.45) is 3.42. The fourth-order valence-electron chi connectivity index (χ4n) is 1.17. The maximum Gasteiger partial charge on any atom is 0.266 e. The van der Waals surface area contributed by atoms with Crippen LogP contribution in [0.15, 0.2) is 22.8 Å². The number of rotatable bonds is 6. The van der Waals surface area contributed by atoms with Crippen LogP contribution in [0.25, 0.3) is 0 Å². The molecular weight excluding hydrogens is 288 g/mol. The second-order valence-electron chi connectivity index (χ2n) is 3.52. The molecule has 2 aromatic heterocycles. The molecule has 0 spiro atoms. The molecule has 8 nitrogen and oxygen atoms in total. The molecule has 0 bridgehead atoms. The van der Waals surface area contributed by atoms with E-state index in [1.165, 1.54) is 17.9 Å². The van der Waals surface area contributed by atoms with Crippen LogP contribution in [-0.4, -0.2) is 35.1 Å². The molecule has 0 fully saturated rings. The highest BCUT2D eigenvalue weighted by Gasteiger charge is 2.16. The summed E-state index contributed by atoms with van der Waals surface area (Å²) in [6, 6.07) is 0. The number of nitrogens with one attached hydrogen (secondary N) is 2. The number of aromatic nitrogens is 4. The lowest BCUT2D eigenvalue weighted by atomic mass is 10.5. The Labute approximate surface area is 114 Å². The summed E-state index contributed by atoms with van der Waals surface area (Å²) in [6.45, 7) is 2.74. The molecular formula is C9H12N6O2S2. The zero-order chi connectivity index (χ0) is 13.7. The van der Waals surface area contributed by atoms with Crippen LogP contribution in [-0.2, 0) is 10.0 Å².